The van der Waals surface area contributed by atoms with Crippen LogP contribution in [0, 0.1) is 11.8 Å². The zero-order valence-corrected chi connectivity index (χ0v) is 9.29. The third-order valence-corrected chi connectivity index (χ3v) is 2.87. The molecule has 0 aromatic rings. The monoisotopic (exact) mass is 188 g/mol. The second kappa shape index (κ2) is 4.99. The normalized spacial score (nSPS) is 30.0. The number of allylic oxidation sites excluding steroid dienone is 6. The Hall–Kier alpha value is -1.04. The molecule has 2 aliphatic carbocycles. The van der Waals surface area contributed by atoms with Crippen molar-refractivity contribution in [3.05, 3.63) is 48.6 Å². The van der Waals surface area contributed by atoms with Gasteiger partial charge in [-0.25, -0.2) is 0 Å². The van der Waals surface area contributed by atoms with Crippen LogP contribution in [-0.2, 0) is 0 Å². The fourth-order valence-electron chi connectivity index (χ4n) is 1.99. The molecule has 0 spiro atoms. The molecule has 0 saturated heterocycles. The third kappa shape index (κ3) is 2.73. The summed E-state index contributed by atoms with van der Waals surface area (Å²) in [5.41, 5.74) is 2.69. The van der Waals surface area contributed by atoms with Crippen LogP contribution in [0.5, 0.6) is 0 Å². The van der Waals surface area contributed by atoms with Crippen molar-refractivity contribution in [1.82, 2.24) is 0 Å². The van der Waals surface area contributed by atoms with Gasteiger partial charge in [-0.05, 0) is 38.5 Å². The molecule has 0 heteroatoms. The van der Waals surface area contributed by atoms with Gasteiger partial charge in [0.25, 0.3) is 0 Å². The maximum Gasteiger partial charge on any atom is -0.00174 e. The summed E-state index contributed by atoms with van der Waals surface area (Å²) in [7, 11) is 0. The molecule has 14 heavy (non-hydrogen) atoms. The predicted octanol–water partition coefficient (Wildman–Crippen LogP) is 4.28. The molecule has 76 valence electrons. The van der Waals surface area contributed by atoms with Crippen LogP contribution in [0.15, 0.2) is 48.6 Å². The first-order valence-electron chi connectivity index (χ1n) is 5.28. The molecule has 0 nitrogen and oxygen atoms in total. The molecule has 2 aliphatic rings. The first-order valence-corrected chi connectivity index (χ1v) is 5.28. The van der Waals surface area contributed by atoms with Crippen molar-refractivity contribution in [2.45, 2.75) is 26.7 Å². The van der Waals surface area contributed by atoms with Crippen molar-refractivity contribution >= 4 is 0 Å². The Bertz CT molecular complexity index is 278. The van der Waals surface area contributed by atoms with E-state index in [1.807, 2.05) is 6.92 Å². The van der Waals surface area contributed by atoms with Gasteiger partial charge < -0.3 is 0 Å². The molecule has 0 radical (unpaired) electrons. The quantitative estimate of drug-likeness (QED) is 0.425. The van der Waals surface area contributed by atoms with E-state index in [0.717, 1.165) is 17.4 Å². The molecular formula is C14H20. The fraction of sp³-hybridized carbons (Fsp3) is 0.429. The van der Waals surface area contributed by atoms with Gasteiger partial charge in [-0.1, -0.05) is 48.6 Å². The molecule has 1 saturated carbocycles. The molecule has 2 unspecified atom stereocenters. The Morgan fingerprint density at radius 1 is 1.50 bits per heavy atom. The van der Waals surface area contributed by atoms with Gasteiger partial charge in [0.05, 0.1) is 0 Å². The van der Waals surface area contributed by atoms with Crippen molar-refractivity contribution in [3.63, 3.8) is 0 Å². The molecule has 0 N–H and O–H groups in total. The molecular weight excluding hydrogens is 168 g/mol. The standard InChI is InChI=1S/C9H12.C5H8/c1-2-8-5-7-3-4-9(8)6-7;1-4-5(2)3/h2-4,7,9H,5-6H2,1H3;4H,1-2H2,3H3. The Morgan fingerprint density at radius 3 is 2.36 bits per heavy atom. The molecule has 2 bridgehead atoms. The van der Waals surface area contributed by atoms with Crippen LogP contribution in [0.25, 0.3) is 0 Å². The largest absolute Gasteiger partial charge is 0.0988 e. The summed E-state index contributed by atoms with van der Waals surface area (Å²) in [6.45, 7) is 11.1. The molecule has 0 aromatic heterocycles. The lowest BCUT2D eigenvalue weighted by Gasteiger charge is -2.05. The number of fused-ring (bicyclic) bond motifs is 2. The highest BCUT2D eigenvalue weighted by molar-refractivity contribution is 5.26. The van der Waals surface area contributed by atoms with Crippen molar-refractivity contribution in [2.24, 2.45) is 11.8 Å². The highest BCUT2D eigenvalue weighted by Gasteiger charge is 2.29. The fourth-order valence-corrected chi connectivity index (χ4v) is 1.99. The average molecular weight is 188 g/mol. The molecule has 1 fully saturated rings. The van der Waals surface area contributed by atoms with Crippen LogP contribution in [0.1, 0.15) is 26.7 Å². The predicted molar refractivity (Wildman–Crippen MR) is 64.1 cm³/mol. The molecule has 0 aromatic carbocycles. The van der Waals surface area contributed by atoms with Crippen LogP contribution in [0.2, 0.25) is 0 Å². The summed E-state index contributed by atoms with van der Waals surface area (Å²) in [5, 5.41) is 0. The highest BCUT2D eigenvalue weighted by atomic mass is 14.3. The summed E-state index contributed by atoms with van der Waals surface area (Å²) >= 11 is 0. The third-order valence-electron chi connectivity index (χ3n) is 2.87. The van der Waals surface area contributed by atoms with Gasteiger partial charge in [-0.3, -0.25) is 0 Å². The summed E-state index contributed by atoms with van der Waals surface area (Å²) in [6.07, 6.45) is 11.5. The molecule has 0 heterocycles. The van der Waals surface area contributed by atoms with Gasteiger partial charge in [-0.2, -0.15) is 0 Å². The topological polar surface area (TPSA) is 0 Å². The van der Waals surface area contributed by atoms with Crippen LogP contribution >= 0.6 is 0 Å². The zero-order valence-electron chi connectivity index (χ0n) is 9.29. The zero-order chi connectivity index (χ0) is 10.6. The summed E-state index contributed by atoms with van der Waals surface area (Å²) in [4.78, 5) is 0. The number of hydrogen-bond acceptors (Lipinski definition) is 0. The van der Waals surface area contributed by atoms with Gasteiger partial charge in [0.15, 0.2) is 0 Å². The van der Waals surface area contributed by atoms with Gasteiger partial charge in [0.1, 0.15) is 0 Å². The smallest absolute Gasteiger partial charge is 0.00174 e. The van der Waals surface area contributed by atoms with E-state index < -0.39 is 0 Å². The van der Waals surface area contributed by atoms with Gasteiger partial charge in [0.2, 0.25) is 0 Å². The van der Waals surface area contributed by atoms with Crippen molar-refractivity contribution < 1.29 is 0 Å². The van der Waals surface area contributed by atoms with Crippen molar-refractivity contribution in [1.29, 1.82) is 0 Å². The van der Waals surface area contributed by atoms with E-state index in [9.17, 15) is 0 Å². The van der Waals surface area contributed by atoms with E-state index in [1.165, 1.54) is 12.8 Å². The minimum atomic E-state index is 0.833. The number of rotatable bonds is 1. The Kier molecular flexibility index (Phi) is 3.94. The minimum Gasteiger partial charge on any atom is -0.0988 e. The average Bonchev–Trinajstić information content (AvgIpc) is 2.79. The van der Waals surface area contributed by atoms with Crippen molar-refractivity contribution in [2.75, 3.05) is 0 Å². The van der Waals surface area contributed by atoms with E-state index in [-0.39, 0.29) is 0 Å². The Labute approximate surface area is 87.7 Å². The van der Waals surface area contributed by atoms with Crippen LogP contribution in [0.3, 0.4) is 0 Å². The lowest BCUT2D eigenvalue weighted by molar-refractivity contribution is 0.693. The maximum atomic E-state index is 3.56. The molecule has 2 rings (SSSR count). The number of hydrogen-bond donors (Lipinski definition) is 0. The van der Waals surface area contributed by atoms with Crippen molar-refractivity contribution in [3.8, 4) is 0 Å². The van der Waals surface area contributed by atoms with E-state index >= 15 is 0 Å². The van der Waals surface area contributed by atoms with Gasteiger partial charge >= 0.3 is 0 Å². The lowest BCUT2D eigenvalue weighted by Crippen LogP contribution is -1.90. The Balaban J connectivity index is 0.000000171. The second-order valence-corrected chi connectivity index (χ2v) is 4.11. The summed E-state index contributed by atoms with van der Waals surface area (Å²) in [5.74, 6) is 1.74. The van der Waals surface area contributed by atoms with Crippen LogP contribution in [-0.4, -0.2) is 0 Å². The van der Waals surface area contributed by atoms with E-state index in [0.29, 0.717) is 0 Å². The van der Waals surface area contributed by atoms with Crippen LogP contribution < -0.4 is 0 Å². The van der Waals surface area contributed by atoms with Gasteiger partial charge in [-0.15, -0.1) is 0 Å². The molecule has 2 atom stereocenters. The van der Waals surface area contributed by atoms with E-state index in [2.05, 4.69) is 38.3 Å². The first kappa shape index (κ1) is 11.0. The van der Waals surface area contributed by atoms with E-state index in [1.54, 1.807) is 11.6 Å². The Morgan fingerprint density at radius 2 is 2.14 bits per heavy atom. The summed E-state index contributed by atoms with van der Waals surface area (Å²) < 4.78 is 0. The SMILES string of the molecule is C=CC(=C)C.CC=C1CC2C=CC1C2. The van der Waals surface area contributed by atoms with E-state index in [4.69, 9.17) is 0 Å². The van der Waals surface area contributed by atoms with Crippen LogP contribution in [0.4, 0.5) is 0 Å². The first-order chi connectivity index (χ1) is 6.67. The lowest BCUT2D eigenvalue weighted by atomic mass is 10.0. The highest BCUT2D eigenvalue weighted by Crippen LogP contribution is 2.42. The minimum absolute atomic E-state index is 0.833. The maximum absolute atomic E-state index is 3.56. The summed E-state index contributed by atoms with van der Waals surface area (Å²) in [6, 6.07) is 0. The molecule has 0 aliphatic heterocycles. The molecule has 0 amide bonds. The van der Waals surface area contributed by atoms with Gasteiger partial charge in [0, 0.05) is 0 Å². The second-order valence-electron chi connectivity index (χ2n) is 4.11.